The SMILES string of the molecule is CCCCCCCC[C@@H]1C[C@@H]1C(=O)NO. The van der Waals surface area contributed by atoms with Crippen LogP contribution in [0.15, 0.2) is 0 Å². The van der Waals surface area contributed by atoms with E-state index in [1.165, 1.54) is 38.5 Å². The smallest absolute Gasteiger partial charge is 0.246 e. The highest BCUT2D eigenvalue weighted by atomic mass is 16.5. The zero-order valence-corrected chi connectivity index (χ0v) is 9.67. The molecule has 0 aliphatic heterocycles. The van der Waals surface area contributed by atoms with Gasteiger partial charge in [0.2, 0.25) is 5.91 Å². The molecule has 2 N–H and O–H groups in total. The monoisotopic (exact) mass is 213 g/mol. The van der Waals surface area contributed by atoms with E-state index in [1.807, 2.05) is 0 Å². The molecule has 1 amide bonds. The predicted octanol–water partition coefficient (Wildman–Crippen LogP) is 2.88. The van der Waals surface area contributed by atoms with Crippen molar-refractivity contribution in [2.24, 2.45) is 11.8 Å². The molecule has 0 aromatic carbocycles. The molecule has 1 rings (SSSR count). The largest absolute Gasteiger partial charge is 0.289 e. The minimum absolute atomic E-state index is 0.102. The molecular weight excluding hydrogens is 190 g/mol. The van der Waals surface area contributed by atoms with Crippen LogP contribution in [0.4, 0.5) is 0 Å². The fraction of sp³-hybridized carbons (Fsp3) is 0.917. The van der Waals surface area contributed by atoms with E-state index in [9.17, 15) is 4.79 Å². The van der Waals surface area contributed by atoms with Gasteiger partial charge in [0, 0.05) is 5.92 Å². The highest BCUT2D eigenvalue weighted by molar-refractivity contribution is 5.80. The van der Waals surface area contributed by atoms with E-state index in [-0.39, 0.29) is 11.8 Å². The van der Waals surface area contributed by atoms with Crippen molar-refractivity contribution in [1.82, 2.24) is 5.48 Å². The molecule has 0 heterocycles. The van der Waals surface area contributed by atoms with Crippen molar-refractivity contribution < 1.29 is 10.0 Å². The zero-order valence-electron chi connectivity index (χ0n) is 9.67. The Bertz CT molecular complexity index is 194. The first-order chi connectivity index (χ1) is 7.29. The summed E-state index contributed by atoms with van der Waals surface area (Å²) >= 11 is 0. The quantitative estimate of drug-likeness (QED) is 0.370. The van der Waals surface area contributed by atoms with Gasteiger partial charge in [0.05, 0.1) is 0 Å². The van der Waals surface area contributed by atoms with Gasteiger partial charge < -0.3 is 0 Å². The number of unbranched alkanes of at least 4 members (excludes halogenated alkanes) is 5. The molecule has 0 bridgehead atoms. The third-order valence-electron chi connectivity index (χ3n) is 3.30. The van der Waals surface area contributed by atoms with E-state index in [0.717, 1.165) is 12.8 Å². The molecule has 15 heavy (non-hydrogen) atoms. The lowest BCUT2D eigenvalue weighted by atomic mass is 10.1. The second-order valence-corrected chi connectivity index (χ2v) is 4.63. The van der Waals surface area contributed by atoms with E-state index in [1.54, 1.807) is 5.48 Å². The topological polar surface area (TPSA) is 49.3 Å². The maximum Gasteiger partial charge on any atom is 0.246 e. The number of hydrogen-bond donors (Lipinski definition) is 2. The first-order valence-electron chi connectivity index (χ1n) is 6.23. The van der Waals surface area contributed by atoms with Crippen molar-refractivity contribution in [3.05, 3.63) is 0 Å². The van der Waals surface area contributed by atoms with Crippen molar-refractivity contribution in [3.63, 3.8) is 0 Å². The van der Waals surface area contributed by atoms with Crippen molar-refractivity contribution in [2.75, 3.05) is 0 Å². The number of carbonyl (C=O) groups is 1. The fourth-order valence-electron chi connectivity index (χ4n) is 2.16. The molecule has 3 nitrogen and oxygen atoms in total. The number of amides is 1. The molecule has 0 radical (unpaired) electrons. The maximum atomic E-state index is 11.0. The highest BCUT2D eigenvalue weighted by Gasteiger charge is 2.41. The van der Waals surface area contributed by atoms with Gasteiger partial charge in [0.25, 0.3) is 0 Å². The molecule has 1 saturated carbocycles. The minimum atomic E-state index is -0.189. The Balaban J connectivity index is 1.88. The van der Waals surface area contributed by atoms with Gasteiger partial charge >= 0.3 is 0 Å². The molecule has 0 spiro atoms. The van der Waals surface area contributed by atoms with Gasteiger partial charge in [-0.1, -0.05) is 45.4 Å². The lowest BCUT2D eigenvalue weighted by Crippen LogP contribution is -2.21. The molecule has 0 unspecified atom stereocenters. The van der Waals surface area contributed by atoms with Gasteiger partial charge in [-0.3, -0.25) is 10.0 Å². The number of hydrogen-bond acceptors (Lipinski definition) is 2. The van der Waals surface area contributed by atoms with Crippen LogP contribution in [0.1, 0.15) is 58.3 Å². The Labute approximate surface area is 92.2 Å². The van der Waals surface area contributed by atoms with E-state index in [0.29, 0.717) is 5.92 Å². The lowest BCUT2D eigenvalue weighted by molar-refractivity contribution is -0.130. The second kappa shape index (κ2) is 6.83. The van der Waals surface area contributed by atoms with Crippen molar-refractivity contribution in [1.29, 1.82) is 0 Å². The molecule has 1 aliphatic rings. The third-order valence-corrected chi connectivity index (χ3v) is 3.30. The van der Waals surface area contributed by atoms with Crippen LogP contribution in [0, 0.1) is 11.8 Å². The van der Waals surface area contributed by atoms with Crippen molar-refractivity contribution in [3.8, 4) is 0 Å². The normalized spacial score (nSPS) is 23.9. The van der Waals surface area contributed by atoms with Gasteiger partial charge in [-0.15, -0.1) is 0 Å². The Kier molecular flexibility index (Phi) is 5.69. The second-order valence-electron chi connectivity index (χ2n) is 4.63. The van der Waals surface area contributed by atoms with Gasteiger partial charge in [0.15, 0.2) is 0 Å². The molecule has 0 saturated heterocycles. The third kappa shape index (κ3) is 4.65. The summed E-state index contributed by atoms with van der Waals surface area (Å²) < 4.78 is 0. The van der Waals surface area contributed by atoms with Crippen LogP contribution >= 0.6 is 0 Å². The van der Waals surface area contributed by atoms with Crippen LogP contribution in [-0.4, -0.2) is 11.1 Å². The van der Waals surface area contributed by atoms with Crippen LogP contribution in [0.3, 0.4) is 0 Å². The number of rotatable bonds is 8. The van der Waals surface area contributed by atoms with Gasteiger partial charge in [-0.2, -0.15) is 0 Å². The van der Waals surface area contributed by atoms with Crippen molar-refractivity contribution in [2.45, 2.75) is 58.3 Å². The van der Waals surface area contributed by atoms with E-state index >= 15 is 0 Å². The first-order valence-corrected chi connectivity index (χ1v) is 6.23. The van der Waals surface area contributed by atoms with Gasteiger partial charge in [-0.25, -0.2) is 5.48 Å². The number of nitrogens with one attached hydrogen (secondary N) is 1. The number of hydroxylamine groups is 1. The van der Waals surface area contributed by atoms with Crippen molar-refractivity contribution >= 4 is 5.91 Å². The van der Waals surface area contributed by atoms with Gasteiger partial charge in [-0.05, 0) is 18.8 Å². The molecule has 0 aromatic heterocycles. The van der Waals surface area contributed by atoms with Crippen LogP contribution in [0.2, 0.25) is 0 Å². The average molecular weight is 213 g/mol. The molecule has 2 atom stereocenters. The summed E-state index contributed by atoms with van der Waals surface area (Å²) in [6.45, 7) is 2.22. The molecule has 88 valence electrons. The summed E-state index contributed by atoms with van der Waals surface area (Å²) in [7, 11) is 0. The Morgan fingerprint density at radius 3 is 2.60 bits per heavy atom. The summed E-state index contributed by atoms with van der Waals surface area (Å²) in [5, 5.41) is 8.43. The summed E-state index contributed by atoms with van der Waals surface area (Å²) in [5.41, 5.74) is 1.74. The van der Waals surface area contributed by atoms with E-state index in [2.05, 4.69) is 6.92 Å². The summed E-state index contributed by atoms with van der Waals surface area (Å²) in [4.78, 5) is 11.0. The zero-order chi connectivity index (χ0) is 11.1. The Hall–Kier alpha value is -0.570. The summed E-state index contributed by atoms with van der Waals surface area (Å²) in [6.07, 6.45) is 9.98. The molecule has 3 heteroatoms. The highest BCUT2D eigenvalue weighted by Crippen LogP contribution is 2.42. The maximum absolute atomic E-state index is 11.0. The van der Waals surface area contributed by atoms with E-state index in [4.69, 9.17) is 5.21 Å². The van der Waals surface area contributed by atoms with E-state index < -0.39 is 0 Å². The fourth-order valence-corrected chi connectivity index (χ4v) is 2.16. The van der Waals surface area contributed by atoms with Crippen LogP contribution < -0.4 is 5.48 Å². The Morgan fingerprint density at radius 1 is 1.27 bits per heavy atom. The summed E-state index contributed by atoms with van der Waals surface area (Å²) in [6, 6.07) is 0. The van der Waals surface area contributed by atoms with Gasteiger partial charge in [0.1, 0.15) is 0 Å². The average Bonchev–Trinajstić information content (AvgIpc) is 3.01. The predicted molar refractivity (Wildman–Crippen MR) is 59.5 cm³/mol. The van der Waals surface area contributed by atoms with Crippen LogP contribution in [0.25, 0.3) is 0 Å². The standard InChI is InChI=1S/C12H23NO2/c1-2-3-4-5-6-7-8-10-9-11(10)12(14)13-15/h10-11,15H,2-9H2,1H3,(H,13,14)/t10-,11+/m1/s1. The van der Waals surface area contributed by atoms with Crippen LogP contribution in [-0.2, 0) is 4.79 Å². The Morgan fingerprint density at radius 2 is 1.93 bits per heavy atom. The minimum Gasteiger partial charge on any atom is -0.289 e. The molecule has 0 aromatic rings. The summed E-state index contributed by atoms with van der Waals surface area (Å²) in [5.74, 6) is 0.458. The molecule has 1 fully saturated rings. The molecular formula is C12H23NO2. The van der Waals surface area contributed by atoms with Crippen LogP contribution in [0.5, 0.6) is 0 Å². The molecule has 1 aliphatic carbocycles. The first kappa shape index (κ1) is 12.5. The number of carbonyl (C=O) groups excluding carboxylic acids is 1. The lowest BCUT2D eigenvalue weighted by Gasteiger charge is -2.00.